The third-order valence-electron chi connectivity index (χ3n) is 9.12. The molecule has 5 nitrogen and oxygen atoms in total. The van der Waals surface area contributed by atoms with Gasteiger partial charge in [-0.15, -0.1) is 0 Å². The molecule has 0 radical (unpaired) electrons. The molecule has 0 bridgehead atoms. The fourth-order valence-electron chi connectivity index (χ4n) is 6.40. The molecule has 0 spiro atoms. The Bertz CT molecular complexity index is 1890. The van der Waals surface area contributed by atoms with E-state index in [9.17, 15) is 52.7 Å². The molecule has 3 aromatic carbocycles. The number of nitrogens with zero attached hydrogens (tertiary/aromatic N) is 1. The van der Waals surface area contributed by atoms with Crippen molar-refractivity contribution in [2.45, 2.75) is 66.3 Å². The molecule has 1 saturated carbocycles. The zero-order valence-corrected chi connectivity index (χ0v) is 26.7. The third-order valence-corrected chi connectivity index (χ3v) is 11.7. The predicted molar refractivity (Wildman–Crippen MR) is 162 cm³/mol. The second kappa shape index (κ2) is 13.8. The Morgan fingerprint density at radius 1 is 0.800 bits per heavy atom. The Labute approximate surface area is 281 Å². The van der Waals surface area contributed by atoms with Gasteiger partial charge in [0.2, 0.25) is 0 Å². The predicted octanol–water partition coefficient (Wildman–Crippen LogP) is 9.17. The topological polar surface area (TPSA) is 73.3 Å². The van der Waals surface area contributed by atoms with E-state index in [0.717, 1.165) is 42.5 Å². The lowest BCUT2D eigenvalue weighted by Crippen LogP contribution is -2.56. The van der Waals surface area contributed by atoms with Gasteiger partial charge in [-0.25, -0.2) is 21.6 Å². The van der Waals surface area contributed by atoms with Gasteiger partial charge in [-0.1, -0.05) is 30.3 Å². The van der Waals surface area contributed by atoms with Crippen LogP contribution in [-0.2, 0) is 31.5 Å². The van der Waals surface area contributed by atoms with Crippen LogP contribution in [0.2, 0.25) is 0 Å². The Morgan fingerprint density at radius 2 is 1.38 bits per heavy atom. The fraction of sp³-hybridized carbons (Fsp3) is 0.314. The lowest BCUT2D eigenvalue weighted by Gasteiger charge is -2.41. The number of sulfone groups is 1. The number of hydrogen-bond donors (Lipinski definition) is 0. The summed E-state index contributed by atoms with van der Waals surface area (Å²) in [6.45, 7) is -1.75. The Morgan fingerprint density at radius 3 is 1.90 bits per heavy atom. The number of pyridine rings is 1. The number of benzene rings is 3. The quantitative estimate of drug-likeness (QED) is 0.0925. The molecule has 0 aliphatic heterocycles. The minimum atomic E-state index is -6.20. The van der Waals surface area contributed by atoms with Gasteiger partial charge in [0, 0.05) is 35.5 Å². The molecule has 50 heavy (non-hydrogen) atoms. The number of halogens is 9. The van der Waals surface area contributed by atoms with Gasteiger partial charge in [-0.05, 0) is 85.7 Å². The average molecular weight is 730 g/mol. The van der Waals surface area contributed by atoms with Gasteiger partial charge in [0.25, 0.3) is 5.60 Å². The second-order valence-corrected chi connectivity index (χ2v) is 14.3. The molecule has 0 amide bonds. The minimum Gasteiger partial charge on any atom is -0.349 e. The molecule has 1 heterocycles. The molecule has 1 fully saturated rings. The van der Waals surface area contributed by atoms with Crippen LogP contribution in [0.5, 0.6) is 0 Å². The van der Waals surface area contributed by atoms with Crippen LogP contribution in [0, 0.1) is 23.4 Å². The molecule has 0 atom stereocenters. The highest BCUT2D eigenvalue weighted by Gasteiger charge is 2.73. The van der Waals surface area contributed by atoms with E-state index in [4.69, 9.17) is 0 Å². The standard InChI is InChI=1S/C35H28F9NO4S/c36-26-10-12-27(13-11-26)50(47,48)32(16-14-22(15-17-32)19-31(46)23-3-2-18-45-20-23)24-6-8-25(9-7-24)33(34(39,40)41,35(42,43)44)49-21-28-29(37)4-1-5-30(28)38/h1-13,18,20,22H,14-17,19,21H2. The lowest BCUT2D eigenvalue weighted by atomic mass is 9.75. The van der Waals surface area contributed by atoms with Crippen LogP contribution in [0.4, 0.5) is 39.5 Å². The molecule has 15 heteroatoms. The Kier molecular flexibility index (Phi) is 10.2. The first-order valence-corrected chi connectivity index (χ1v) is 16.7. The van der Waals surface area contributed by atoms with Gasteiger partial charge in [0.05, 0.1) is 11.5 Å². The minimum absolute atomic E-state index is 0.0386. The van der Waals surface area contributed by atoms with E-state index in [1.807, 2.05) is 0 Å². The van der Waals surface area contributed by atoms with Crippen LogP contribution < -0.4 is 0 Å². The number of hydrogen-bond acceptors (Lipinski definition) is 5. The number of ketones is 1. The van der Waals surface area contributed by atoms with Crippen LogP contribution in [0.25, 0.3) is 0 Å². The number of Topliss-reactive ketones (excluding diaryl/α,β-unsaturated/α-hetero) is 1. The van der Waals surface area contributed by atoms with Crippen molar-refractivity contribution in [3.63, 3.8) is 0 Å². The highest BCUT2D eigenvalue weighted by atomic mass is 32.2. The normalized spacial score (nSPS) is 18.9. The van der Waals surface area contributed by atoms with Crippen molar-refractivity contribution in [2.75, 3.05) is 0 Å². The van der Waals surface area contributed by atoms with E-state index >= 15 is 0 Å². The molecule has 0 N–H and O–H groups in total. The van der Waals surface area contributed by atoms with Gasteiger partial charge >= 0.3 is 12.4 Å². The van der Waals surface area contributed by atoms with Crippen molar-refractivity contribution in [2.24, 2.45) is 5.92 Å². The summed E-state index contributed by atoms with van der Waals surface area (Å²) in [4.78, 5) is 16.4. The first-order chi connectivity index (χ1) is 23.4. The molecule has 0 unspecified atom stereocenters. The van der Waals surface area contributed by atoms with Gasteiger partial charge in [0.1, 0.15) is 22.2 Å². The van der Waals surface area contributed by atoms with Crippen molar-refractivity contribution in [3.8, 4) is 0 Å². The van der Waals surface area contributed by atoms with Crippen LogP contribution >= 0.6 is 0 Å². The summed E-state index contributed by atoms with van der Waals surface area (Å²) >= 11 is 0. The number of aromatic nitrogens is 1. The molecule has 5 rings (SSSR count). The van der Waals surface area contributed by atoms with Crippen molar-refractivity contribution in [3.05, 3.63) is 131 Å². The molecule has 1 aromatic heterocycles. The van der Waals surface area contributed by atoms with E-state index in [1.165, 1.54) is 12.4 Å². The molecule has 1 aliphatic rings. The largest absolute Gasteiger partial charge is 0.430 e. The Balaban J connectivity index is 1.55. The fourth-order valence-corrected chi connectivity index (χ4v) is 8.57. The maximum absolute atomic E-state index is 14.5. The highest BCUT2D eigenvalue weighted by molar-refractivity contribution is 7.92. The van der Waals surface area contributed by atoms with Crippen LogP contribution in [-0.4, -0.2) is 31.5 Å². The maximum atomic E-state index is 14.5. The van der Waals surface area contributed by atoms with Crippen LogP contribution in [0.3, 0.4) is 0 Å². The van der Waals surface area contributed by atoms with Crippen molar-refractivity contribution < 1.29 is 57.5 Å². The van der Waals surface area contributed by atoms with Crippen molar-refractivity contribution in [1.29, 1.82) is 0 Å². The summed E-state index contributed by atoms with van der Waals surface area (Å²) in [5.74, 6) is -4.15. The zero-order chi connectivity index (χ0) is 36.5. The van der Waals surface area contributed by atoms with Crippen LogP contribution in [0.1, 0.15) is 59.2 Å². The van der Waals surface area contributed by atoms with E-state index in [1.54, 1.807) is 12.1 Å². The maximum Gasteiger partial charge on any atom is 0.430 e. The van der Waals surface area contributed by atoms with E-state index in [-0.39, 0.29) is 54.3 Å². The van der Waals surface area contributed by atoms with E-state index in [0.29, 0.717) is 29.8 Å². The second-order valence-electron chi connectivity index (χ2n) is 12.0. The van der Waals surface area contributed by atoms with Crippen LogP contribution in [0.15, 0.2) is 96.2 Å². The van der Waals surface area contributed by atoms with Gasteiger partial charge in [0.15, 0.2) is 15.6 Å². The number of rotatable bonds is 10. The first kappa shape index (κ1) is 37.0. The highest BCUT2D eigenvalue weighted by Crippen LogP contribution is 2.55. The van der Waals surface area contributed by atoms with Gasteiger partial charge in [-0.2, -0.15) is 26.3 Å². The molecular weight excluding hydrogens is 701 g/mol. The molecule has 4 aromatic rings. The number of carbonyl (C=O) groups excluding carboxylic acids is 1. The molecular formula is C35H28F9NO4S. The van der Waals surface area contributed by atoms with E-state index in [2.05, 4.69) is 9.72 Å². The SMILES string of the molecule is O=C(CC1CCC(c2ccc(C(OCc3c(F)cccc3F)(C(F)(F)F)C(F)(F)F)cc2)(S(=O)(=O)c2ccc(F)cc2)CC1)c1cccnc1. The van der Waals surface area contributed by atoms with E-state index < -0.39 is 67.7 Å². The average Bonchev–Trinajstić information content (AvgIpc) is 3.06. The summed E-state index contributed by atoms with van der Waals surface area (Å²) < 4.78 is 160. The van der Waals surface area contributed by atoms with Gasteiger partial charge < -0.3 is 4.74 Å². The summed E-state index contributed by atoms with van der Waals surface area (Å²) in [7, 11) is -4.48. The molecule has 0 saturated heterocycles. The summed E-state index contributed by atoms with van der Waals surface area (Å²) in [6, 6.07) is 11.6. The lowest BCUT2D eigenvalue weighted by molar-refractivity contribution is -0.392. The number of carbonyl (C=O) groups is 1. The summed E-state index contributed by atoms with van der Waals surface area (Å²) in [5, 5.41) is 0. The Hall–Kier alpha value is -4.24. The van der Waals surface area contributed by atoms with Crippen molar-refractivity contribution in [1.82, 2.24) is 4.98 Å². The first-order valence-electron chi connectivity index (χ1n) is 15.2. The summed E-state index contributed by atoms with van der Waals surface area (Å²) in [6.07, 6.45) is -9.57. The monoisotopic (exact) mass is 729 g/mol. The van der Waals surface area contributed by atoms with Gasteiger partial charge in [-0.3, -0.25) is 9.78 Å². The number of ether oxygens (including phenoxy) is 1. The molecule has 266 valence electrons. The zero-order valence-electron chi connectivity index (χ0n) is 25.9. The van der Waals surface area contributed by atoms with Crippen molar-refractivity contribution >= 4 is 15.6 Å². The smallest absolute Gasteiger partial charge is 0.349 e. The number of alkyl halides is 6. The third kappa shape index (κ3) is 6.76. The summed E-state index contributed by atoms with van der Waals surface area (Å²) in [5.41, 5.74) is -7.55. The molecule has 1 aliphatic carbocycles.